The Balaban J connectivity index is 0.00000392. The molecule has 0 radical (unpaired) electrons. The fourth-order valence-corrected chi connectivity index (χ4v) is 3.34. The highest BCUT2D eigenvalue weighted by Crippen LogP contribution is 2.23. The summed E-state index contributed by atoms with van der Waals surface area (Å²) in [6.45, 7) is 7.14. The minimum Gasteiger partial charge on any atom is -0.383 e. The molecule has 0 spiro atoms. The van der Waals surface area contributed by atoms with E-state index in [9.17, 15) is 5.11 Å². The summed E-state index contributed by atoms with van der Waals surface area (Å²) < 4.78 is 5.70. The molecular formula is C21H32IN3O2S. The summed E-state index contributed by atoms with van der Waals surface area (Å²) >= 11 is 1.58. The maximum Gasteiger partial charge on any atom is 0.191 e. The van der Waals surface area contributed by atoms with Crippen molar-refractivity contribution >= 4 is 41.3 Å². The van der Waals surface area contributed by atoms with Crippen molar-refractivity contribution in [2.75, 3.05) is 32.8 Å². The van der Waals surface area contributed by atoms with Crippen LogP contribution >= 0.6 is 35.3 Å². The van der Waals surface area contributed by atoms with Crippen molar-refractivity contribution in [1.29, 1.82) is 0 Å². The zero-order valence-corrected chi connectivity index (χ0v) is 19.8. The van der Waals surface area contributed by atoms with Crippen molar-refractivity contribution in [3.05, 3.63) is 58.3 Å². The van der Waals surface area contributed by atoms with Crippen molar-refractivity contribution in [2.45, 2.75) is 32.3 Å². The number of halogens is 1. The van der Waals surface area contributed by atoms with Gasteiger partial charge >= 0.3 is 0 Å². The van der Waals surface area contributed by atoms with Gasteiger partial charge in [0, 0.05) is 19.7 Å². The summed E-state index contributed by atoms with van der Waals surface area (Å²) in [7, 11) is 0. The quantitative estimate of drug-likeness (QED) is 0.184. The number of thiophene rings is 1. The van der Waals surface area contributed by atoms with Crippen LogP contribution < -0.4 is 10.6 Å². The van der Waals surface area contributed by atoms with Gasteiger partial charge in [0.25, 0.3) is 0 Å². The number of rotatable bonds is 11. The molecule has 0 saturated carbocycles. The minimum atomic E-state index is -0.955. The fraction of sp³-hybridized carbons (Fsp3) is 0.476. The van der Waals surface area contributed by atoms with E-state index in [-0.39, 0.29) is 24.0 Å². The van der Waals surface area contributed by atoms with Crippen LogP contribution in [0.5, 0.6) is 0 Å². The van der Waals surface area contributed by atoms with E-state index in [1.54, 1.807) is 18.3 Å². The fourth-order valence-electron chi connectivity index (χ4n) is 2.55. The number of aliphatic hydroxyl groups is 1. The summed E-state index contributed by atoms with van der Waals surface area (Å²) in [5, 5.41) is 21.0. The van der Waals surface area contributed by atoms with Gasteiger partial charge < -0.3 is 20.5 Å². The Morgan fingerprint density at radius 3 is 2.64 bits per heavy atom. The standard InChI is InChI=1S/C21H31N3O2S.HI/c1-3-22-20(24-17-21(2,25)19-11-15-27-16-19)23-12-7-13-26-14-10-18-8-5-4-6-9-18;/h4-6,8-9,11,15-16,25H,3,7,10,12-14,17H2,1-2H3,(H2,22,23,24);1H. The van der Waals surface area contributed by atoms with Gasteiger partial charge in [-0.15, -0.1) is 24.0 Å². The van der Waals surface area contributed by atoms with Crippen molar-refractivity contribution in [3.8, 4) is 0 Å². The molecule has 0 aliphatic heterocycles. The molecule has 0 aliphatic rings. The van der Waals surface area contributed by atoms with E-state index in [1.165, 1.54) is 5.56 Å². The highest BCUT2D eigenvalue weighted by atomic mass is 127. The predicted molar refractivity (Wildman–Crippen MR) is 129 cm³/mol. The maximum atomic E-state index is 10.6. The number of nitrogens with zero attached hydrogens (tertiary/aromatic N) is 1. The predicted octanol–water partition coefficient (Wildman–Crippen LogP) is 3.78. The molecule has 7 heteroatoms. The molecule has 1 atom stereocenters. The smallest absolute Gasteiger partial charge is 0.191 e. The third kappa shape index (κ3) is 9.36. The van der Waals surface area contributed by atoms with Crippen LogP contribution in [0.2, 0.25) is 0 Å². The summed E-state index contributed by atoms with van der Waals surface area (Å²) in [5.41, 5.74) is 1.25. The van der Waals surface area contributed by atoms with Crippen LogP contribution in [0.25, 0.3) is 0 Å². The molecule has 0 fully saturated rings. The van der Waals surface area contributed by atoms with E-state index >= 15 is 0 Å². The molecule has 1 heterocycles. The molecule has 0 amide bonds. The molecule has 3 N–H and O–H groups in total. The van der Waals surface area contributed by atoms with E-state index in [0.29, 0.717) is 13.2 Å². The number of nitrogens with one attached hydrogen (secondary N) is 2. The second-order valence-electron chi connectivity index (χ2n) is 6.61. The van der Waals surface area contributed by atoms with Crippen LogP contribution in [0, 0.1) is 0 Å². The van der Waals surface area contributed by atoms with Gasteiger partial charge in [0.1, 0.15) is 5.60 Å². The van der Waals surface area contributed by atoms with Gasteiger partial charge in [0.05, 0.1) is 13.2 Å². The summed E-state index contributed by atoms with van der Waals surface area (Å²) in [6, 6.07) is 12.3. The van der Waals surface area contributed by atoms with Gasteiger partial charge in [-0.25, -0.2) is 4.99 Å². The summed E-state index contributed by atoms with van der Waals surface area (Å²) in [4.78, 5) is 4.52. The second-order valence-corrected chi connectivity index (χ2v) is 7.39. The Labute approximate surface area is 189 Å². The number of benzene rings is 1. The summed E-state index contributed by atoms with van der Waals surface area (Å²) in [5.74, 6) is 0.720. The molecule has 5 nitrogen and oxygen atoms in total. The molecule has 2 aromatic rings. The lowest BCUT2D eigenvalue weighted by atomic mass is 10.00. The van der Waals surface area contributed by atoms with E-state index in [1.807, 2.05) is 29.8 Å². The third-order valence-electron chi connectivity index (χ3n) is 4.17. The van der Waals surface area contributed by atoms with E-state index in [0.717, 1.165) is 44.1 Å². The molecule has 0 saturated heterocycles. The van der Waals surface area contributed by atoms with Crippen molar-refractivity contribution < 1.29 is 9.84 Å². The molecular weight excluding hydrogens is 485 g/mol. The first-order valence-corrected chi connectivity index (χ1v) is 10.4. The number of hydrogen-bond donors (Lipinski definition) is 3. The largest absolute Gasteiger partial charge is 0.383 e. The van der Waals surface area contributed by atoms with Gasteiger partial charge in [-0.3, -0.25) is 0 Å². The van der Waals surface area contributed by atoms with Gasteiger partial charge in [-0.2, -0.15) is 11.3 Å². The van der Waals surface area contributed by atoms with Crippen LogP contribution in [0.15, 0.2) is 52.2 Å². The van der Waals surface area contributed by atoms with Crippen molar-refractivity contribution in [1.82, 2.24) is 10.6 Å². The molecule has 156 valence electrons. The lowest BCUT2D eigenvalue weighted by Gasteiger charge is -2.21. The van der Waals surface area contributed by atoms with Crippen LogP contribution in [0.1, 0.15) is 31.4 Å². The van der Waals surface area contributed by atoms with Crippen LogP contribution in [0.4, 0.5) is 0 Å². The van der Waals surface area contributed by atoms with Crippen LogP contribution in [0.3, 0.4) is 0 Å². The number of aliphatic imine (C=N–C) groups is 1. The molecule has 28 heavy (non-hydrogen) atoms. The zero-order chi connectivity index (χ0) is 19.4. The topological polar surface area (TPSA) is 65.9 Å². The lowest BCUT2D eigenvalue weighted by molar-refractivity contribution is 0.0677. The average molecular weight is 517 g/mol. The Bertz CT molecular complexity index is 664. The van der Waals surface area contributed by atoms with Crippen LogP contribution in [-0.2, 0) is 16.8 Å². The Kier molecular flexibility index (Phi) is 12.4. The van der Waals surface area contributed by atoms with Crippen molar-refractivity contribution in [2.24, 2.45) is 4.99 Å². The molecule has 0 aliphatic carbocycles. The lowest BCUT2D eigenvalue weighted by Crippen LogP contribution is -2.39. The Hall–Kier alpha value is -1.16. The van der Waals surface area contributed by atoms with Gasteiger partial charge in [0.2, 0.25) is 0 Å². The average Bonchev–Trinajstić information content (AvgIpc) is 3.22. The SMILES string of the molecule is CCNC(=NCC(C)(O)c1ccsc1)NCCCOCCc1ccccc1.I. The normalized spacial score (nSPS) is 13.5. The number of guanidine groups is 1. The second kappa shape index (κ2) is 13.9. The van der Waals surface area contributed by atoms with Crippen LogP contribution in [-0.4, -0.2) is 43.9 Å². The van der Waals surface area contributed by atoms with Gasteiger partial charge in [0.15, 0.2) is 5.96 Å². The summed E-state index contributed by atoms with van der Waals surface area (Å²) in [6.07, 6.45) is 1.84. The first kappa shape index (κ1) is 24.9. The minimum absolute atomic E-state index is 0. The number of ether oxygens (including phenoxy) is 1. The van der Waals surface area contributed by atoms with Gasteiger partial charge in [-0.1, -0.05) is 30.3 Å². The van der Waals surface area contributed by atoms with E-state index in [2.05, 4.69) is 39.9 Å². The maximum absolute atomic E-state index is 10.6. The highest BCUT2D eigenvalue weighted by Gasteiger charge is 2.23. The highest BCUT2D eigenvalue weighted by molar-refractivity contribution is 14.0. The zero-order valence-electron chi connectivity index (χ0n) is 16.7. The molecule has 0 bridgehead atoms. The molecule has 1 unspecified atom stereocenters. The van der Waals surface area contributed by atoms with E-state index in [4.69, 9.17) is 4.74 Å². The molecule has 2 rings (SSSR count). The first-order valence-electron chi connectivity index (χ1n) is 9.50. The Morgan fingerprint density at radius 2 is 1.96 bits per heavy atom. The monoisotopic (exact) mass is 517 g/mol. The molecule has 1 aromatic heterocycles. The van der Waals surface area contributed by atoms with Crippen molar-refractivity contribution in [3.63, 3.8) is 0 Å². The van der Waals surface area contributed by atoms with Gasteiger partial charge in [-0.05, 0) is 54.6 Å². The third-order valence-corrected chi connectivity index (χ3v) is 4.85. The number of hydrogen-bond acceptors (Lipinski definition) is 4. The first-order chi connectivity index (χ1) is 13.1. The Morgan fingerprint density at radius 1 is 1.18 bits per heavy atom. The van der Waals surface area contributed by atoms with E-state index < -0.39 is 5.60 Å². The molecule has 1 aromatic carbocycles.